The van der Waals surface area contributed by atoms with Gasteiger partial charge in [0.1, 0.15) is 13.1 Å². The van der Waals surface area contributed by atoms with E-state index in [0.29, 0.717) is 31.5 Å². The van der Waals surface area contributed by atoms with Gasteiger partial charge in [-0.25, -0.2) is 9.48 Å². The summed E-state index contributed by atoms with van der Waals surface area (Å²) in [5.74, 6) is -1.02. The molecule has 4 amide bonds. The van der Waals surface area contributed by atoms with Crippen LogP contribution in [0, 0.1) is 0 Å². The average molecular weight is 435 g/mol. The minimum absolute atomic E-state index is 0.171. The fraction of sp³-hybridized carbons (Fsp3) is 0.400. The molecule has 0 spiro atoms. The maximum Gasteiger partial charge on any atom is 0.406 e. The SMILES string of the molecule is O=C(c1cccc(-n2cccn2)c1)N1CCC(N2CC(=O)N(CC(F)(F)F)C2=O)CC1. The van der Waals surface area contributed by atoms with Gasteiger partial charge in [0.2, 0.25) is 0 Å². The van der Waals surface area contributed by atoms with E-state index >= 15 is 0 Å². The lowest BCUT2D eigenvalue weighted by Crippen LogP contribution is -2.48. The van der Waals surface area contributed by atoms with Crippen LogP contribution < -0.4 is 0 Å². The number of piperidine rings is 1. The van der Waals surface area contributed by atoms with Crippen molar-refractivity contribution in [3.63, 3.8) is 0 Å². The third kappa shape index (κ3) is 4.39. The molecule has 1 aromatic carbocycles. The topological polar surface area (TPSA) is 78.8 Å². The lowest BCUT2D eigenvalue weighted by atomic mass is 10.0. The van der Waals surface area contributed by atoms with Crippen molar-refractivity contribution < 1.29 is 27.6 Å². The largest absolute Gasteiger partial charge is 0.406 e. The minimum Gasteiger partial charge on any atom is -0.338 e. The van der Waals surface area contributed by atoms with Crippen LogP contribution in [0.4, 0.5) is 18.0 Å². The quantitative estimate of drug-likeness (QED) is 0.691. The van der Waals surface area contributed by atoms with Gasteiger partial charge in [-0.3, -0.25) is 14.5 Å². The Morgan fingerprint density at radius 1 is 1.13 bits per heavy atom. The summed E-state index contributed by atoms with van der Waals surface area (Å²) in [6, 6.07) is 7.52. The van der Waals surface area contributed by atoms with Crippen molar-refractivity contribution >= 4 is 17.8 Å². The second-order valence-electron chi connectivity index (χ2n) is 7.53. The molecule has 2 saturated heterocycles. The monoisotopic (exact) mass is 435 g/mol. The van der Waals surface area contributed by atoms with E-state index in [2.05, 4.69) is 5.10 Å². The molecule has 2 fully saturated rings. The Morgan fingerprint density at radius 3 is 2.52 bits per heavy atom. The highest BCUT2D eigenvalue weighted by molar-refractivity contribution is 6.02. The van der Waals surface area contributed by atoms with Crippen LogP contribution in [0.1, 0.15) is 23.2 Å². The van der Waals surface area contributed by atoms with Gasteiger partial charge in [0.25, 0.3) is 11.8 Å². The predicted molar refractivity (Wildman–Crippen MR) is 102 cm³/mol. The third-order valence-corrected chi connectivity index (χ3v) is 5.48. The molecule has 0 saturated carbocycles. The first-order valence-electron chi connectivity index (χ1n) is 9.80. The van der Waals surface area contributed by atoms with E-state index in [1.54, 1.807) is 46.2 Å². The highest BCUT2D eigenvalue weighted by Crippen LogP contribution is 2.26. The van der Waals surface area contributed by atoms with E-state index in [-0.39, 0.29) is 23.4 Å². The summed E-state index contributed by atoms with van der Waals surface area (Å²) >= 11 is 0. The first-order chi connectivity index (χ1) is 14.7. The Hall–Kier alpha value is -3.37. The average Bonchev–Trinajstić information content (AvgIpc) is 3.37. The van der Waals surface area contributed by atoms with Crippen molar-refractivity contribution in [2.24, 2.45) is 0 Å². The van der Waals surface area contributed by atoms with E-state index in [4.69, 9.17) is 0 Å². The number of hydrogen-bond donors (Lipinski definition) is 0. The van der Waals surface area contributed by atoms with Gasteiger partial charge in [0, 0.05) is 37.1 Å². The standard InChI is InChI=1S/C20H20F3N5O3/c21-20(22,23)13-27-17(29)12-26(19(27)31)15-5-9-25(10-6-15)18(30)14-3-1-4-16(11-14)28-8-2-7-24-28/h1-4,7-8,11,15H,5-6,9-10,12-13H2. The van der Waals surface area contributed by atoms with Gasteiger partial charge in [0.05, 0.1) is 5.69 Å². The number of carbonyl (C=O) groups excluding carboxylic acids is 3. The van der Waals surface area contributed by atoms with E-state index in [0.717, 1.165) is 5.69 Å². The summed E-state index contributed by atoms with van der Waals surface area (Å²) in [7, 11) is 0. The molecule has 0 bridgehead atoms. The molecule has 31 heavy (non-hydrogen) atoms. The third-order valence-electron chi connectivity index (χ3n) is 5.48. The van der Waals surface area contributed by atoms with E-state index in [1.165, 1.54) is 4.90 Å². The molecule has 2 aromatic rings. The number of aromatic nitrogens is 2. The molecule has 2 aliphatic rings. The molecule has 8 nitrogen and oxygen atoms in total. The summed E-state index contributed by atoms with van der Waals surface area (Å²) in [5, 5.41) is 4.15. The second-order valence-corrected chi connectivity index (χ2v) is 7.53. The number of carbonyl (C=O) groups is 3. The van der Waals surface area contributed by atoms with Gasteiger partial charge in [-0.1, -0.05) is 6.07 Å². The molecule has 11 heteroatoms. The number of nitrogens with zero attached hydrogens (tertiary/aromatic N) is 5. The van der Waals surface area contributed by atoms with Crippen molar-refractivity contribution in [2.45, 2.75) is 25.1 Å². The Morgan fingerprint density at radius 2 is 1.87 bits per heavy atom. The smallest absolute Gasteiger partial charge is 0.338 e. The Kier molecular flexibility index (Phi) is 5.42. The molecule has 0 atom stereocenters. The van der Waals surface area contributed by atoms with Crippen molar-refractivity contribution in [3.8, 4) is 5.69 Å². The van der Waals surface area contributed by atoms with E-state index in [9.17, 15) is 27.6 Å². The van der Waals surface area contributed by atoms with Gasteiger partial charge in [-0.15, -0.1) is 0 Å². The Balaban J connectivity index is 1.38. The summed E-state index contributed by atoms with van der Waals surface area (Å²) in [5.41, 5.74) is 1.24. The molecular formula is C20H20F3N5O3. The molecule has 1 aromatic heterocycles. The summed E-state index contributed by atoms with van der Waals surface area (Å²) in [6.07, 6.45) is -0.445. The molecule has 2 aliphatic heterocycles. The fourth-order valence-corrected chi connectivity index (χ4v) is 3.95. The van der Waals surface area contributed by atoms with Crippen molar-refractivity contribution in [1.82, 2.24) is 24.5 Å². The van der Waals surface area contributed by atoms with Crippen LogP contribution in [0.15, 0.2) is 42.7 Å². The molecule has 0 N–H and O–H groups in total. The number of alkyl halides is 3. The normalized spacial score (nSPS) is 18.2. The highest BCUT2D eigenvalue weighted by atomic mass is 19.4. The second kappa shape index (κ2) is 8.05. The van der Waals surface area contributed by atoms with Crippen LogP contribution in [0.2, 0.25) is 0 Å². The van der Waals surface area contributed by atoms with Gasteiger partial charge in [0.15, 0.2) is 0 Å². The number of hydrogen-bond acceptors (Lipinski definition) is 4. The maximum atomic E-state index is 12.9. The number of imide groups is 1. The Bertz CT molecular complexity index is 984. The van der Waals surface area contributed by atoms with Crippen LogP contribution in [-0.4, -0.2) is 80.7 Å². The lowest BCUT2D eigenvalue weighted by Gasteiger charge is -2.36. The van der Waals surface area contributed by atoms with Crippen LogP contribution in [0.5, 0.6) is 0 Å². The molecule has 4 rings (SSSR count). The van der Waals surface area contributed by atoms with E-state index in [1.807, 2.05) is 6.07 Å². The number of likely N-dealkylation sites (tertiary alicyclic amines) is 1. The molecular weight excluding hydrogens is 415 g/mol. The van der Waals surface area contributed by atoms with Gasteiger partial charge in [-0.2, -0.15) is 18.3 Å². The zero-order valence-corrected chi connectivity index (χ0v) is 16.5. The molecule has 0 radical (unpaired) electrons. The number of halogens is 3. The van der Waals surface area contributed by atoms with Crippen LogP contribution in [0.3, 0.4) is 0 Å². The first-order valence-corrected chi connectivity index (χ1v) is 9.80. The molecule has 0 unspecified atom stereocenters. The predicted octanol–water partition coefficient (Wildman–Crippen LogP) is 2.30. The minimum atomic E-state index is -4.64. The van der Waals surface area contributed by atoms with E-state index < -0.39 is 24.7 Å². The van der Waals surface area contributed by atoms with Crippen molar-refractivity contribution in [3.05, 3.63) is 48.3 Å². The molecule has 3 heterocycles. The highest BCUT2D eigenvalue weighted by Gasteiger charge is 2.45. The number of benzene rings is 1. The van der Waals surface area contributed by atoms with Crippen LogP contribution in [0.25, 0.3) is 5.69 Å². The lowest BCUT2D eigenvalue weighted by molar-refractivity contribution is -0.151. The number of rotatable bonds is 4. The molecule has 164 valence electrons. The Labute approximate surface area is 175 Å². The van der Waals surface area contributed by atoms with Gasteiger partial charge in [-0.05, 0) is 37.1 Å². The van der Waals surface area contributed by atoms with Gasteiger partial charge >= 0.3 is 12.2 Å². The molecule has 0 aliphatic carbocycles. The first kappa shape index (κ1) is 20.9. The summed E-state index contributed by atoms with van der Waals surface area (Å²) in [6.45, 7) is -1.26. The van der Waals surface area contributed by atoms with Crippen molar-refractivity contribution in [1.29, 1.82) is 0 Å². The fourth-order valence-electron chi connectivity index (χ4n) is 3.95. The summed E-state index contributed by atoms with van der Waals surface area (Å²) in [4.78, 5) is 40.2. The number of amides is 4. The van der Waals surface area contributed by atoms with Crippen LogP contribution >= 0.6 is 0 Å². The van der Waals surface area contributed by atoms with Crippen molar-refractivity contribution in [2.75, 3.05) is 26.2 Å². The number of urea groups is 1. The van der Waals surface area contributed by atoms with Gasteiger partial charge < -0.3 is 9.80 Å². The summed E-state index contributed by atoms with van der Waals surface area (Å²) < 4.78 is 39.5. The zero-order chi connectivity index (χ0) is 22.2. The van der Waals surface area contributed by atoms with Crippen LogP contribution in [-0.2, 0) is 4.79 Å². The maximum absolute atomic E-state index is 12.9. The zero-order valence-electron chi connectivity index (χ0n) is 16.5.